The lowest BCUT2D eigenvalue weighted by Crippen LogP contribution is -2.29. The standard InChI is InChI=1S/C25H23N3O2/c1-18-9-8-14-21(17-18)25-27-23(30-28-25)16-15-22(29)26-24(19-10-4-2-5-11-19)20-12-6-3-7-13-20/h2-14,17,24H,15-16H2,1H3,(H,26,29). The van der Waals surface area contributed by atoms with Crippen molar-refractivity contribution in [2.75, 3.05) is 0 Å². The molecule has 1 aromatic heterocycles. The molecule has 0 saturated carbocycles. The molecule has 5 heteroatoms. The summed E-state index contributed by atoms with van der Waals surface area (Å²) in [5.41, 5.74) is 4.11. The van der Waals surface area contributed by atoms with Crippen LogP contribution in [0.15, 0.2) is 89.5 Å². The maximum Gasteiger partial charge on any atom is 0.227 e. The lowest BCUT2D eigenvalue weighted by atomic mass is 9.98. The minimum absolute atomic E-state index is 0.0667. The highest BCUT2D eigenvalue weighted by atomic mass is 16.5. The molecule has 1 amide bonds. The molecule has 30 heavy (non-hydrogen) atoms. The molecule has 4 rings (SSSR count). The molecule has 0 fully saturated rings. The third-order valence-electron chi connectivity index (χ3n) is 4.88. The first-order valence-electron chi connectivity index (χ1n) is 9.98. The lowest BCUT2D eigenvalue weighted by molar-refractivity contribution is -0.121. The average Bonchev–Trinajstić information content (AvgIpc) is 3.26. The van der Waals surface area contributed by atoms with E-state index in [-0.39, 0.29) is 18.4 Å². The molecular formula is C25H23N3O2. The Morgan fingerprint density at radius 1 is 0.933 bits per heavy atom. The van der Waals surface area contributed by atoms with Crippen LogP contribution in [0.1, 0.15) is 35.0 Å². The molecule has 0 bridgehead atoms. The fraction of sp³-hybridized carbons (Fsp3) is 0.160. The normalized spacial score (nSPS) is 10.9. The number of amides is 1. The molecule has 5 nitrogen and oxygen atoms in total. The predicted octanol–water partition coefficient (Wildman–Crippen LogP) is 4.88. The predicted molar refractivity (Wildman–Crippen MR) is 116 cm³/mol. The van der Waals surface area contributed by atoms with Gasteiger partial charge in [-0.05, 0) is 24.1 Å². The number of hydrogen-bond acceptors (Lipinski definition) is 4. The zero-order valence-corrected chi connectivity index (χ0v) is 16.8. The zero-order chi connectivity index (χ0) is 20.8. The number of nitrogens with zero attached hydrogens (tertiary/aromatic N) is 2. The summed E-state index contributed by atoms with van der Waals surface area (Å²) in [5, 5.41) is 7.18. The highest BCUT2D eigenvalue weighted by molar-refractivity contribution is 5.77. The lowest BCUT2D eigenvalue weighted by Gasteiger charge is -2.19. The molecular weight excluding hydrogens is 374 g/mol. The number of hydrogen-bond donors (Lipinski definition) is 1. The molecule has 0 saturated heterocycles. The quantitative estimate of drug-likeness (QED) is 0.482. The smallest absolute Gasteiger partial charge is 0.227 e. The summed E-state index contributed by atoms with van der Waals surface area (Å²) in [6.07, 6.45) is 0.659. The average molecular weight is 397 g/mol. The van der Waals surface area contributed by atoms with Crippen molar-refractivity contribution in [1.29, 1.82) is 0 Å². The summed E-state index contributed by atoms with van der Waals surface area (Å²) in [7, 11) is 0. The van der Waals surface area contributed by atoms with Crippen LogP contribution in [0, 0.1) is 6.92 Å². The van der Waals surface area contributed by atoms with Crippen LogP contribution in [0.3, 0.4) is 0 Å². The highest BCUT2D eigenvalue weighted by Gasteiger charge is 2.17. The molecule has 4 aromatic rings. The highest BCUT2D eigenvalue weighted by Crippen LogP contribution is 2.22. The summed E-state index contributed by atoms with van der Waals surface area (Å²) in [6, 6.07) is 27.6. The summed E-state index contributed by atoms with van der Waals surface area (Å²) < 4.78 is 5.34. The van der Waals surface area contributed by atoms with Gasteiger partial charge in [0.15, 0.2) is 0 Å². The first-order chi connectivity index (χ1) is 14.7. The minimum Gasteiger partial charge on any atom is -0.345 e. The first kappa shape index (κ1) is 19.6. The second-order valence-electron chi connectivity index (χ2n) is 7.20. The molecule has 1 N–H and O–H groups in total. The Kier molecular flexibility index (Phi) is 5.99. The Bertz CT molecular complexity index is 1070. The van der Waals surface area contributed by atoms with Crippen LogP contribution in [0.2, 0.25) is 0 Å². The van der Waals surface area contributed by atoms with Gasteiger partial charge in [0.25, 0.3) is 0 Å². The number of carbonyl (C=O) groups excluding carboxylic acids is 1. The Hall–Kier alpha value is -3.73. The SMILES string of the molecule is Cc1cccc(-c2noc(CCC(=O)NC(c3ccccc3)c3ccccc3)n2)c1. The fourth-order valence-corrected chi connectivity index (χ4v) is 3.36. The van der Waals surface area contributed by atoms with Crippen LogP contribution in [0.4, 0.5) is 0 Å². The van der Waals surface area contributed by atoms with Crippen LogP contribution >= 0.6 is 0 Å². The van der Waals surface area contributed by atoms with Crippen molar-refractivity contribution >= 4 is 5.91 Å². The second-order valence-corrected chi connectivity index (χ2v) is 7.20. The van der Waals surface area contributed by atoms with Crippen molar-refractivity contribution < 1.29 is 9.32 Å². The van der Waals surface area contributed by atoms with Crippen molar-refractivity contribution in [3.63, 3.8) is 0 Å². The maximum atomic E-state index is 12.7. The van der Waals surface area contributed by atoms with Gasteiger partial charge in [-0.3, -0.25) is 4.79 Å². The van der Waals surface area contributed by atoms with Gasteiger partial charge in [0.2, 0.25) is 17.6 Å². The van der Waals surface area contributed by atoms with Crippen molar-refractivity contribution in [3.8, 4) is 11.4 Å². The van der Waals surface area contributed by atoms with Gasteiger partial charge in [-0.2, -0.15) is 4.98 Å². The van der Waals surface area contributed by atoms with Gasteiger partial charge in [-0.15, -0.1) is 0 Å². The minimum atomic E-state index is -0.203. The van der Waals surface area contributed by atoms with Crippen molar-refractivity contribution in [3.05, 3.63) is 108 Å². The van der Waals surface area contributed by atoms with Crippen LogP contribution in [-0.2, 0) is 11.2 Å². The number of aryl methyl sites for hydroxylation is 2. The van der Waals surface area contributed by atoms with Crippen LogP contribution in [0.5, 0.6) is 0 Å². The van der Waals surface area contributed by atoms with Crippen molar-refractivity contribution in [2.45, 2.75) is 25.8 Å². The van der Waals surface area contributed by atoms with E-state index in [0.29, 0.717) is 18.1 Å². The number of benzene rings is 3. The molecule has 0 aliphatic rings. The van der Waals surface area contributed by atoms with Crippen LogP contribution in [-0.4, -0.2) is 16.0 Å². The van der Waals surface area contributed by atoms with Crippen molar-refractivity contribution in [1.82, 2.24) is 15.5 Å². The monoisotopic (exact) mass is 397 g/mol. The van der Waals surface area contributed by atoms with E-state index in [1.165, 1.54) is 0 Å². The van der Waals surface area contributed by atoms with Gasteiger partial charge in [0, 0.05) is 18.4 Å². The van der Waals surface area contributed by atoms with Gasteiger partial charge in [0.05, 0.1) is 6.04 Å². The topological polar surface area (TPSA) is 68.0 Å². The van der Waals surface area contributed by atoms with E-state index in [4.69, 9.17) is 4.52 Å². The molecule has 0 radical (unpaired) electrons. The van der Waals surface area contributed by atoms with E-state index in [0.717, 1.165) is 22.3 Å². The number of carbonyl (C=O) groups is 1. The maximum absolute atomic E-state index is 12.7. The second kappa shape index (κ2) is 9.18. The van der Waals surface area contributed by atoms with Gasteiger partial charge in [0.1, 0.15) is 0 Å². The third-order valence-corrected chi connectivity index (χ3v) is 4.88. The molecule has 150 valence electrons. The largest absolute Gasteiger partial charge is 0.345 e. The Morgan fingerprint density at radius 3 is 2.23 bits per heavy atom. The molecule has 0 aliphatic heterocycles. The summed E-state index contributed by atoms with van der Waals surface area (Å²) in [6.45, 7) is 2.02. The van der Waals surface area contributed by atoms with E-state index >= 15 is 0 Å². The third kappa shape index (κ3) is 4.81. The Labute approximate surface area is 175 Å². The molecule has 0 aliphatic carbocycles. The number of nitrogens with one attached hydrogen (secondary N) is 1. The van der Waals surface area contributed by atoms with E-state index < -0.39 is 0 Å². The molecule has 0 atom stereocenters. The Balaban J connectivity index is 1.42. The summed E-state index contributed by atoms with van der Waals surface area (Å²) in [4.78, 5) is 17.1. The van der Waals surface area contributed by atoms with Crippen LogP contribution in [0.25, 0.3) is 11.4 Å². The summed E-state index contributed by atoms with van der Waals surface area (Å²) in [5.74, 6) is 0.932. The first-order valence-corrected chi connectivity index (χ1v) is 9.98. The van der Waals surface area contributed by atoms with E-state index in [1.54, 1.807) is 0 Å². The molecule has 1 heterocycles. The van der Waals surface area contributed by atoms with Crippen molar-refractivity contribution in [2.24, 2.45) is 0 Å². The van der Waals surface area contributed by atoms with Crippen LogP contribution < -0.4 is 5.32 Å². The number of aromatic nitrogens is 2. The fourth-order valence-electron chi connectivity index (χ4n) is 3.36. The van der Waals surface area contributed by atoms with Gasteiger partial charge in [-0.1, -0.05) is 89.6 Å². The van der Waals surface area contributed by atoms with Gasteiger partial charge < -0.3 is 9.84 Å². The summed E-state index contributed by atoms with van der Waals surface area (Å²) >= 11 is 0. The van der Waals surface area contributed by atoms with Gasteiger partial charge >= 0.3 is 0 Å². The molecule has 3 aromatic carbocycles. The van der Waals surface area contributed by atoms with E-state index in [9.17, 15) is 4.79 Å². The molecule has 0 spiro atoms. The zero-order valence-electron chi connectivity index (χ0n) is 16.8. The van der Waals surface area contributed by atoms with E-state index in [1.807, 2.05) is 91.9 Å². The Morgan fingerprint density at radius 2 is 1.60 bits per heavy atom. The van der Waals surface area contributed by atoms with Gasteiger partial charge in [-0.25, -0.2) is 0 Å². The number of rotatable bonds is 7. The molecule has 0 unspecified atom stereocenters. The van der Waals surface area contributed by atoms with E-state index in [2.05, 4.69) is 15.5 Å².